The van der Waals surface area contributed by atoms with Gasteiger partial charge in [-0.15, -0.1) is 0 Å². The number of cyclic esters (lactones) is 1. The Morgan fingerprint density at radius 2 is 1.48 bits per heavy atom. The first-order chi connectivity index (χ1) is 18.9. The summed E-state index contributed by atoms with van der Waals surface area (Å²) in [5.41, 5.74) is 0.502. The third-order valence-electron chi connectivity index (χ3n) is 5.60. The number of rotatable bonds is 10. The van der Waals surface area contributed by atoms with Crippen LogP contribution < -0.4 is 4.74 Å². The molecule has 0 radical (unpaired) electrons. The van der Waals surface area contributed by atoms with E-state index in [1.54, 1.807) is 12.1 Å². The van der Waals surface area contributed by atoms with Crippen molar-refractivity contribution < 1.29 is 66.7 Å². The predicted molar refractivity (Wildman–Crippen MR) is 128 cm³/mol. The maximum atomic E-state index is 13.0. The van der Waals surface area contributed by atoms with Crippen LogP contribution in [0.25, 0.3) is 0 Å². The molecule has 1 aromatic carbocycles. The van der Waals surface area contributed by atoms with Gasteiger partial charge in [0, 0.05) is 27.7 Å². The Labute approximate surface area is 229 Å². The molecule has 6 atom stereocenters. The average molecular weight is 567 g/mol. The molecule has 2 aliphatic heterocycles. The Balaban J connectivity index is 1.86. The number of carbonyl (C=O) groups excluding carboxylic acids is 6. The van der Waals surface area contributed by atoms with E-state index >= 15 is 0 Å². The van der Waals surface area contributed by atoms with Crippen LogP contribution in [-0.4, -0.2) is 85.8 Å². The van der Waals surface area contributed by atoms with E-state index in [9.17, 15) is 28.8 Å². The van der Waals surface area contributed by atoms with Gasteiger partial charge in [0.25, 0.3) is 0 Å². The van der Waals surface area contributed by atoms with Gasteiger partial charge in [-0.05, 0) is 17.7 Å². The quantitative estimate of drug-likeness (QED) is 0.218. The summed E-state index contributed by atoms with van der Waals surface area (Å²) in [6.07, 6.45) is -8.01. The van der Waals surface area contributed by atoms with E-state index in [1.165, 1.54) is 19.1 Å². The zero-order valence-corrected chi connectivity index (χ0v) is 22.3. The van der Waals surface area contributed by atoms with E-state index in [0.29, 0.717) is 5.56 Å². The van der Waals surface area contributed by atoms with Crippen LogP contribution in [0.4, 0.5) is 0 Å². The zero-order valence-electron chi connectivity index (χ0n) is 22.3. The molecule has 0 saturated carbocycles. The SMILES string of the molecule is CC(=O)OC[C@H]1O[C@@H](O[C@H]2COC(=O)C2)[C@H](OC(C)=O)[C@@H](OC(C)=O)[C@@H]1OC(=O)Cc1ccc(OC(C)=O)cc1. The second kappa shape index (κ2) is 13.8. The number of hydrogen-bond donors (Lipinski definition) is 0. The second-order valence-corrected chi connectivity index (χ2v) is 9.01. The highest BCUT2D eigenvalue weighted by Crippen LogP contribution is 2.31. The lowest BCUT2D eigenvalue weighted by atomic mass is 9.97. The lowest BCUT2D eigenvalue weighted by Gasteiger charge is -2.44. The minimum Gasteiger partial charge on any atom is -0.463 e. The summed E-state index contributed by atoms with van der Waals surface area (Å²) in [7, 11) is 0. The van der Waals surface area contributed by atoms with Crippen LogP contribution in [0.1, 0.15) is 39.7 Å². The molecule has 0 aliphatic carbocycles. The molecule has 2 fully saturated rings. The summed E-state index contributed by atoms with van der Waals surface area (Å²) in [5, 5.41) is 0. The Bertz CT molecular complexity index is 1110. The molecule has 2 aliphatic rings. The predicted octanol–water partition coefficient (Wildman–Crippen LogP) is 0.550. The molecule has 3 rings (SSSR count). The summed E-state index contributed by atoms with van der Waals surface area (Å²) in [6, 6.07) is 6.09. The molecule has 14 nitrogen and oxygen atoms in total. The highest BCUT2D eigenvalue weighted by Gasteiger charge is 2.53. The maximum Gasteiger partial charge on any atom is 0.310 e. The summed E-state index contributed by atoms with van der Waals surface area (Å²) >= 11 is 0. The van der Waals surface area contributed by atoms with Crippen LogP contribution in [0.15, 0.2) is 24.3 Å². The fraction of sp³-hybridized carbons (Fsp3) is 0.538. The van der Waals surface area contributed by atoms with Crippen LogP contribution in [0.5, 0.6) is 5.75 Å². The molecule has 2 heterocycles. The van der Waals surface area contributed by atoms with Gasteiger partial charge in [0.05, 0.1) is 12.8 Å². The normalized spacial score (nSPS) is 25.8. The lowest BCUT2D eigenvalue weighted by molar-refractivity contribution is -0.316. The molecule has 0 N–H and O–H groups in total. The van der Waals surface area contributed by atoms with E-state index in [-0.39, 0.29) is 25.2 Å². The van der Waals surface area contributed by atoms with Gasteiger partial charge in [-0.3, -0.25) is 28.8 Å². The Hall–Kier alpha value is -4.04. The van der Waals surface area contributed by atoms with Gasteiger partial charge in [-0.25, -0.2) is 0 Å². The van der Waals surface area contributed by atoms with Crippen LogP contribution in [0, 0.1) is 0 Å². The molecule has 0 unspecified atom stereocenters. The van der Waals surface area contributed by atoms with Crippen molar-refractivity contribution in [3.05, 3.63) is 29.8 Å². The van der Waals surface area contributed by atoms with E-state index in [2.05, 4.69) is 0 Å². The molecule has 14 heteroatoms. The molecule has 0 aromatic heterocycles. The van der Waals surface area contributed by atoms with Crippen LogP contribution in [0.2, 0.25) is 0 Å². The van der Waals surface area contributed by atoms with Crippen LogP contribution >= 0.6 is 0 Å². The van der Waals surface area contributed by atoms with Gasteiger partial charge < -0.3 is 37.9 Å². The van der Waals surface area contributed by atoms with E-state index < -0.39 is 79.2 Å². The van der Waals surface area contributed by atoms with Crippen molar-refractivity contribution in [2.24, 2.45) is 0 Å². The Kier molecular flexibility index (Phi) is 10.6. The van der Waals surface area contributed by atoms with Crippen molar-refractivity contribution in [2.75, 3.05) is 13.2 Å². The first-order valence-electron chi connectivity index (χ1n) is 12.3. The van der Waals surface area contributed by atoms with Crippen LogP contribution in [-0.2, 0) is 68.3 Å². The first kappa shape index (κ1) is 30.5. The average Bonchev–Trinajstić information content (AvgIpc) is 3.26. The number of hydrogen-bond acceptors (Lipinski definition) is 14. The van der Waals surface area contributed by atoms with E-state index in [1.807, 2.05) is 0 Å². The zero-order chi connectivity index (χ0) is 29.4. The van der Waals surface area contributed by atoms with Crippen LogP contribution in [0.3, 0.4) is 0 Å². The third kappa shape index (κ3) is 9.02. The molecule has 0 amide bonds. The van der Waals surface area contributed by atoms with Gasteiger partial charge in [0.2, 0.25) is 0 Å². The Morgan fingerprint density at radius 3 is 2.02 bits per heavy atom. The highest BCUT2D eigenvalue weighted by atomic mass is 16.7. The fourth-order valence-corrected chi connectivity index (χ4v) is 4.07. The van der Waals surface area contributed by atoms with Crippen molar-refractivity contribution in [3.8, 4) is 5.75 Å². The maximum absolute atomic E-state index is 13.0. The smallest absolute Gasteiger partial charge is 0.310 e. The van der Waals surface area contributed by atoms with Crippen molar-refractivity contribution in [1.29, 1.82) is 0 Å². The first-order valence-corrected chi connectivity index (χ1v) is 12.3. The molecule has 0 spiro atoms. The van der Waals surface area contributed by atoms with Crippen molar-refractivity contribution >= 4 is 35.8 Å². The minimum atomic E-state index is -1.44. The summed E-state index contributed by atoms with van der Waals surface area (Å²) < 4.78 is 43.1. The topological polar surface area (TPSA) is 176 Å². The van der Waals surface area contributed by atoms with Gasteiger partial charge in [0.1, 0.15) is 31.2 Å². The van der Waals surface area contributed by atoms with Gasteiger partial charge in [-0.2, -0.15) is 0 Å². The molecular formula is C26H30O14. The molecule has 1 aromatic rings. The van der Waals surface area contributed by atoms with Gasteiger partial charge in [-0.1, -0.05) is 12.1 Å². The summed E-state index contributed by atoms with van der Waals surface area (Å²) in [4.78, 5) is 71.3. The fourth-order valence-electron chi connectivity index (χ4n) is 4.07. The number of carbonyl (C=O) groups is 6. The molecule has 218 valence electrons. The third-order valence-corrected chi connectivity index (χ3v) is 5.60. The summed E-state index contributed by atoms with van der Waals surface area (Å²) in [6.45, 7) is 4.09. The molecule has 40 heavy (non-hydrogen) atoms. The monoisotopic (exact) mass is 566 g/mol. The number of ether oxygens (including phenoxy) is 8. The van der Waals surface area contributed by atoms with E-state index in [4.69, 9.17) is 37.9 Å². The van der Waals surface area contributed by atoms with Crippen molar-refractivity contribution in [2.45, 2.75) is 77.3 Å². The second-order valence-electron chi connectivity index (χ2n) is 9.01. The lowest BCUT2D eigenvalue weighted by Crippen LogP contribution is -2.63. The minimum absolute atomic E-state index is 0.0903. The van der Waals surface area contributed by atoms with Crippen molar-refractivity contribution in [3.63, 3.8) is 0 Å². The largest absolute Gasteiger partial charge is 0.463 e. The van der Waals surface area contributed by atoms with E-state index in [0.717, 1.165) is 20.8 Å². The van der Waals surface area contributed by atoms with Gasteiger partial charge in [0.15, 0.2) is 24.6 Å². The molecular weight excluding hydrogens is 536 g/mol. The van der Waals surface area contributed by atoms with Crippen molar-refractivity contribution in [1.82, 2.24) is 0 Å². The van der Waals surface area contributed by atoms with Gasteiger partial charge >= 0.3 is 35.8 Å². The Morgan fingerprint density at radius 1 is 0.825 bits per heavy atom. The molecule has 0 bridgehead atoms. The number of benzene rings is 1. The number of esters is 6. The standard InChI is InChI=1S/C26H30O14/c1-13(27)33-12-20-23(40-22(32)9-17-5-7-18(8-6-17)35-14(2)28)24(36-15(3)29)25(37-16(4)30)26(39-20)38-19-10-21(31)34-11-19/h5-8,19-20,23-26H,9-12H2,1-4H3/t19-,20-,23-,24+,25-,26-/m1/s1. The molecule has 2 saturated heterocycles. The highest BCUT2D eigenvalue weighted by molar-refractivity contribution is 5.74. The summed E-state index contributed by atoms with van der Waals surface area (Å²) in [5.74, 6) is -3.76.